The second-order valence-corrected chi connectivity index (χ2v) is 6.12. The third-order valence-corrected chi connectivity index (χ3v) is 4.03. The van der Waals surface area contributed by atoms with E-state index in [0.29, 0.717) is 19.5 Å². The maximum absolute atomic E-state index is 11.9. The van der Waals surface area contributed by atoms with Crippen LogP contribution in [0.5, 0.6) is 0 Å². The Morgan fingerprint density at radius 2 is 2.25 bits per heavy atom. The van der Waals surface area contributed by atoms with E-state index in [4.69, 9.17) is 5.73 Å². The minimum absolute atomic E-state index is 0.0366. The van der Waals surface area contributed by atoms with E-state index >= 15 is 0 Å². The van der Waals surface area contributed by atoms with E-state index in [2.05, 4.69) is 15.9 Å². The Kier molecular flexibility index (Phi) is 5.44. The monoisotopic (exact) mass is 304 g/mol. The molecule has 16 heavy (non-hydrogen) atoms. The number of hydrogen-bond acceptors (Lipinski definition) is 3. The maximum Gasteiger partial charge on any atom is 0.239 e. The predicted molar refractivity (Wildman–Crippen MR) is 71.4 cm³/mol. The number of likely N-dealkylation sites (N-methyl/N-ethyl adjacent to an activating group) is 1. The van der Waals surface area contributed by atoms with Gasteiger partial charge in [0.2, 0.25) is 5.91 Å². The molecule has 0 aromatic carbocycles. The van der Waals surface area contributed by atoms with Crippen molar-refractivity contribution in [1.82, 2.24) is 4.90 Å². The average Bonchev–Trinajstić information content (AvgIpc) is 2.69. The molecule has 0 bridgehead atoms. The van der Waals surface area contributed by atoms with Gasteiger partial charge < -0.3 is 10.6 Å². The molecule has 90 valence electrons. The van der Waals surface area contributed by atoms with Crippen molar-refractivity contribution in [2.45, 2.75) is 32.9 Å². The highest BCUT2D eigenvalue weighted by atomic mass is 79.9. The highest BCUT2D eigenvalue weighted by Crippen LogP contribution is 2.23. The van der Waals surface area contributed by atoms with E-state index in [1.807, 2.05) is 26.0 Å². The first-order valence-corrected chi connectivity index (χ1v) is 6.98. The highest BCUT2D eigenvalue weighted by molar-refractivity contribution is 9.11. The lowest BCUT2D eigenvalue weighted by Crippen LogP contribution is -2.42. The second kappa shape index (κ2) is 6.37. The van der Waals surface area contributed by atoms with Crippen LogP contribution in [-0.2, 0) is 11.3 Å². The van der Waals surface area contributed by atoms with Crippen molar-refractivity contribution in [3.63, 3.8) is 0 Å². The molecule has 0 aliphatic rings. The maximum atomic E-state index is 11.9. The zero-order valence-corrected chi connectivity index (χ0v) is 12.0. The lowest BCUT2D eigenvalue weighted by atomic mass is 10.2. The van der Waals surface area contributed by atoms with Gasteiger partial charge in [0.25, 0.3) is 0 Å². The van der Waals surface area contributed by atoms with Crippen LogP contribution >= 0.6 is 27.3 Å². The van der Waals surface area contributed by atoms with Crippen LogP contribution in [0.25, 0.3) is 0 Å². The fourth-order valence-corrected chi connectivity index (χ4v) is 2.88. The van der Waals surface area contributed by atoms with Crippen molar-refractivity contribution in [1.29, 1.82) is 0 Å². The van der Waals surface area contributed by atoms with Gasteiger partial charge in [-0.3, -0.25) is 4.79 Å². The molecule has 1 rings (SSSR count). The Bertz CT molecular complexity index is 354. The SMILES string of the molecule is CC[C@@H](N)C(=O)N(CC)Cc1ccc(Br)s1. The summed E-state index contributed by atoms with van der Waals surface area (Å²) in [5, 5.41) is 0. The van der Waals surface area contributed by atoms with Gasteiger partial charge in [-0.2, -0.15) is 0 Å². The van der Waals surface area contributed by atoms with Crippen molar-refractivity contribution in [3.05, 3.63) is 20.8 Å². The van der Waals surface area contributed by atoms with Crippen molar-refractivity contribution < 1.29 is 4.79 Å². The van der Waals surface area contributed by atoms with Crippen molar-refractivity contribution >= 4 is 33.2 Å². The number of hydrogen-bond donors (Lipinski definition) is 1. The molecule has 0 fully saturated rings. The summed E-state index contributed by atoms with van der Waals surface area (Å²) >= 11 is 5.06. The summed E-state index contributed by atoms with van der Waals surface area (Å²) in [4.78, 5) is 14.9. The van der Waals surface area contributed by atoms with Gasteiger partial charge in [0.05, 0.1) is 16.4 Å². The van der Waals surface area contributed by atoms with Crippen LogP contribution in [-0.4, -0.2) is 23.4 Å². The molecular formula is C11H17BrN2OS. The molecule has 5 heteroatoms. The molecule has 0 saturated heterocycles. The van der Waals surface area contributed by atoms with Crippen LogP contribution in [0.1, 0.15) is 25.1 Å². The quantitative estimate of drug-likeness (QED) is 0.909. The van der Waals surface area contributed by atoms with Crippen LogP contribution in [0.4, 0.5) is 0 Å². The normalized spacial score (nSPS) is 12.5. The summed E-state index contributed by atoms with van der Waals surface area (Å²) in [5.41, 5.74) is 5.75. The highest BCUT2D eigenvalue weighted by Gasteiger charge is 2.18. The third kappa shape index (κ3) is 3.57. The van der Waals surface area contributed by atoms with Crippen molar-refractivity contribution in [2.24, 2.45) is 5.73 Å². The van der Waals surface area contributed by atoms with Gasteiger partial charge in [-0.25, -0.2) is 0 Å². The number of rotatable bonds is 5. The molecule has 0 aliphatic heterocycles. The topological polar surface area (TPSA) is 46.3 Å². The van der Waals surface area contributed by atoms with Gasteiger partial charge in [0.1, 0.15) is 0 Å². The van der Waals surface area contributed by atoms with Crippen molar-refractivity contribution in [2.75, 3.05) is 6.54 Å². The predicted octanol–water partition coefficient (Wildman–Crippen LogP) is 2.60. The Morgan fingerprint density at radius 3 is 2.69 bits per heavy atom. The number of halogens is 1. The van der Waals surface area contributed by atoms with Gasteiger partial charge in [0.15, 0.2) is 0 Å². The molecule has 1 amide bonds. The minimum atomic E-state index is -0.372. The number of nitrogens with zero attached hydrogens (tertiary/aromatic N) is 1. The van der Waals surface area contributed by atoms with Crippen LogP contribution in [0.15, 0.2) is 15.9 Å². The molecule has 1 atom stereocenters. The molecule has 0 radical (unpaired) electrons. The zero-order chi connectivity index (χ0) is 12.1. The van der Waals surface area contributed by atoms with Gasteiger partial charge >= 0.3 is 0 Å². The van der Waals surface area contributed by atoms with E-state index < -0.39 is 0 Å². The first-order valence-electron chi connectivity index (χ1n) is 5.37. The fraction of sp³-hybridized carbons (Fsp3) is 0.545. The molecule has 0 spiro atoms. The number of thiophene rings is 1. The van der Waals surface area contributed by atoms with Crippen molar-refractivity contribution in [3.8, 4) is 0 Å². The molecule has 1 aromatic heterocycles. The lowest BCUT2D eigenvalue weighted by molar-refractivity contribution is -0.133. The van der Waals surface area contributed by atoms with Crippen LogP contribution in [0.3, 0.4) is 0 Å². The summed E-state index contributed by atoms with van der Waals surface area (Å²) in [7, 11) is 0. The first kappa shape index (κ1) is 13.7. The van der Waals surface area contributed by atoms with E-state index in [1.165, 1.54) is 4.88 Å². The summed E-state index contributed by atoms with van der Waals surface area (Å²) in [6.45, 7) is 5.25. The van der Waals surface area contributed by atoms with Crippen LogP contribution in [0, 0.1) is 0 Å². The largest absolute Gasteiger partial charge is 0.336 e. The van der Waals surface area contributed by atoms with E-state index in [9.17, 15) is 4.79 Å². The Morgan fingerprint density at radius 1 is 1.56 bits per heavy atom. The van der Waals surface area contributed by atoms with E-state index in [1.54, 1.807) is 16.2 Å². The second-order valence-electron chi connectivity index (χ2n) is 3.57. The number of nitrogens with two attached hydrogens (primary N) is 1. The first-order chi connectivity index (χ1) is 7.58. The van der Waals surface area contributed by atoms with Gasteiger partial charge in [0, 0.05) is 11.4 Å². The summed E-state index contributed by atoms with van der Waals surface area (Å²) in [6, 6.07) is 3.66. The minimum Gasteiger partial charge on any atom is -0.336 e. The molecule has 3 nitrogen and oxygen atoms in total. The molecule has 2 N–H and O–H groups in total. The Hall–Kier alpha value is -0.390. The zero-order valence-electron chi connectivity index (χ0n) is 9.57. The molecule has 1 aromatic rings. The van der Waals surface area contributed by atoms with Gasteiger partial charge in [-0.15, -0.1) is 11.3 Å². The Labute approximate surface area is 109 Å². The number of carbonyl (C=O) groups is 1. The summed E-state index contributed by atoms with van der Waals surface area (Å²) in [6.07, 6.45) is 0.684. The summed E-state index contributed by atoms with van der Waals surface area (Å²) in [5.74, 6) is 0.0366. The number of carbonyl (C=O) groups excluding carboxylic acids is 1. The van der Waals surface area contributed by atoms with Gasteiger partial charge in [-0.05, 0) is 41.4 Å². The number of amides is 1. The van der Waals surface area contributed by atoms with Crippen LogP contribution in [0.2, 0.25) is 0 Å². The fourth-order valence-electron chi connectivity index (χ4n) is 1.38. The molecule has 0 saturated carbocycles. The average molecular weight is 305 g/mol. The molecule has 0 aliphatic carbocycles. The Balaban J connectivity index is 2.65. The molecular weight excluding hydrogens is 288 g/mol. The van der Waals surface area contributed by atoms with E-state index in [0.717, 1.165) is 3.79 Å². The van der Waals surface area contributed by atoms with E-state index in [-0.39, 0.29) is 11.9 Å². The standard InChI is InChI=1S/C11H17BrN2OS/c1-3-9(13)11(15)14(4-2)7-8-5-6-10(12)16-8/h5-6,9H,3-4,7,13H2,1-2H3/t9-/m1/s1. The van der Waals surface area contributed by atoms with Crippen LogP contribution < -0.4 is 5.73 Å². The molecule has 0 unspecified atom stereocenters. The van der Waals surface area contributed by atoms with Gasteiger partial charge in [-0.1, -0.05) is 6.92 Å². The lowest BCUT2D eigenvalue weighted by Gasteiger charge is -2.23. The smallest absolute Gasteiger partial charge is 0.239 e. The third-order valence-electron chi connectivity index (χ3n) is 2.43. The molecule has 1 heterocycles. The summed E-state index contributed by atoms with van der Waals surface area (Å²) < 4.78 is 1.09.